The highest BCUT2D eigenvalue weighted by Gasteiger charge is 2.40. The monoisotopic (exact) mass is 442 g/mol. The minimum atomic E-state index is -0.617. The average Bonchev–Trinajstić information content (AvgIpc) is 2.70. The smallest absolute Gasteiger partial charge is 0.148 e. The molecule has 0 saturated heterocycles. The van der Waals surface area contributed by atoms with Crippen molar-refractivity contribution in [2.45, 2.75) is 90.9 Å². The molecule has 2 aromatic rings. The zero-order chi connectivity index (χ0) is 24.3. The first kappa shape index (κ1) is 23.7. The molecule has 0 heterocycles. The van der Waals surface area contributed by atoms with E-state index in [1.165, 1.54) is 35.1 Å². The highest BCUT2D eigenvalue weighted by atomic mass is 16.2. The summed E-state index contributed by atoms with van der Waals surface area (Å²) in [5.74, 6) is -0.537. The summed E-state index contributed by atoms with van der Waals surface area (Å²) >= 11 is 0. The Balaban J connectivity index is 1.66. The maximum absolute atomic E-state index is 12.7. The van der Waals surface area contributed by atoms with Crippen molar-refractivity contribution in [2.24, 2.45) is 5.41 Å². The molecule has 0 atom stereocenters. The third kappa shape index (κ3) is 4.25. The van der Waals surface area contributed by atoms with Gasteiger partial charge in [0.25, 0.3) is 0 Å². The fraction of sp³-hybridized carbons (Fsp3) is 0.484. The lowest BCUT2D eigenvalue weighted by molar-refractivity contribution is -0.135. The van der Waals surface area contributed by atoms with Crippen LogP contribution >= 0.6 is 0 Å². The van der Waals surface area contributed by atoms with Gasteiger partial charge in [0, 0.05) is 12.8 Å². The van der Waals surface area contributed by atoms with Crippen LogP contribution in [0.5, 0.6) is 0 Å². The Morgan fingerprint density at radius 2 is 1.30 bits per heavy atom. The third-order valence-corrected chi connectivity index (χ3v) is 8.06. The number of carbonyl (C=O) groups is 2. The number of aryl methyl sites for hydroxylation is 1. The van der Waals surface area contributed by atoms with E-state index in [4.69, 9.17) is 0 Å². The van der Waals surface area contributed by atoms with Crippen molar-refractivity contribution >= 4 is 17.1 Å². The van der Waals surface area contributed by atoms with Gasteiger partial charge < -0.3 is 0 Å². The van der Waals surface area contributed by atoms with Crippen LogP contribution in [0.4, 0.5) is 0 Å². The molecule has 0 aromatic heterocycles. The van der Waals surface area contributed by atoms with E-state index in [9.17, 15) is 9.59 Å². The SMILES string of the molecule is C=C(c1ccc(C2C(=O)CC(C)(C)CC2=O)cc1)c1cc2c(cc1C)C(C)(C)CCC2(C)C. The molecule has 0 spiro atoms. The molecular formula is C31H38O2. The molecule has 2 aliphatic carbocycles. The summed E-state index contributed by atoms with van der Waals surface area (Å²) in [4.78, 5) is 25.4. The molecule has 4 rings (SSSR count). The Morgan fingerprint density at radius 3 is 1.82 bits per heavy atom. The van der Waals surface area contributed by atoms with Crippen molar-refractivity contribution in [3.8, 4) is 0 Å². The second-order valence-electron chi connectivity index (χ2n) is 12.5. The fourth-order valence-corrected chi connectivity index (χ4v) is 5.84. The summed E-state index contributed by atoms with van der Waals surface area (Å²) in [5, 5.41) is 0. The van der Waals surface area contributed by atoms with Crippen molar-refractivity contribution in [3.63, 3.8) is 0 Å². The van der Waals surface area contributed by atoms with Crippen LogP contribution in [-0.2, 0) is 20.4 Å². The van der Waals surface area contributed by atoms with E-state index in [1.807, 2.05) is 38.1 Å². The van der Waals surface area contributed by atoms with E-state index >= 15 is 0 Å². The van der Waals surface area contributed by atoms with Gasteiger partial charge in [0.15, 0.2) is 0 Å². The van der Waals surface area contributed by atoms with Crippen LogP contribution in [0.3, 0.4) is 0 Å². The number of rotatable bonds is 3. The van der Waals surface area contributed by atoms with Gasteiger partial charge in [0.05, 0.1) is 0 Å². The average molecular weight is 443 g/mol. The van der Waals surface area contributed by atoms with Gasteiger partial charge in [-0.3, -0.25) is 9.59 Å². The topological polar surface area (TPSA) is 34.1 Å². The van der Waals surface area contributed by atoms with Gasteiger partial charge in [-0.25, -0.2) is 0 Å². The largest absolute Gasteiger partial charge is 0.299 e. The van der Waals surface area contributed by atoms with Crippen LogP contribution in [0.1, 0.15) is 107 Å². The molecule has 0 radical (unpaired) electrons. The molecule has 33 heavy (non-hydrogen) atoms. The van der Waals surface area contributed by atoms with E-state index in [0.717, 1.165) is 16.7 Å². The van der Waals surface area contributed by atoms with Crippen molar-refractivity contribution < 1.29 is 9.59 Å². The van der Waals surface area contributed by atoms with Crippen LogP contribution < -0.4 is 0 Å². The molecule has 2 heteroatoms. The minimum absolute atomic E-state index is 0.0400. The first-order chi connectivity index (χ1) is 15.2. The number of benzene rings is 2. The summed E-state index contributed by atoms with van der Waals surface area (Å²) in [5.41, 5.74) is 8.24. The van der Waals surface area contributed by atoms with Crippen molar-refractivity contribution in [3.05, 3.63) is 76.4 Å². The van der Waals surface area contributed by atoms with E-state index in [-0.39, 0.29) is 27.8 Å². The van der Waals surface area contributed by atoms with E-state index in [2.05, 4.69) is 53.3 Å². The Labute approximate surface area is 199 Å². The number of fused-ring (bicyclic) bond motifs is 1. The second kappa shape index (κ2) is 7.79. The summed E-state index contributed by atoms with van der Waals surface area (Å²) in [7, 11) is 0. The van der Waals surface area contributed by atoms with E-state index in [1.54, 1.807) is 0 Å². The third-order valence-electron chi connectivity index (χ3n) is 8.06. The van der Waals surface area contributed by atoms with Gasteiger partial charge in [-0.2, -0.15) is 0 Å². The quantitative estimate of drug-likeness (QED) is 0.463. The summed E-state index contributed by atoms with van der Waals surface area (Å²) in [6.45, 7) is 20.0. The maximum atomic E-state index is 12.7. The predicted molar refractivity (Wildman–Crippen MR) is 137 cm³/mol. The lowest BCUT2D eigenvalue weighted by atomic mass is 9.62. The van der Waals surface area contributed by atoms with Crippen molar-refractivity contribution in [2.75, 3.05) is 0 Å². The molecule has 1 saturated carbocycles. The second-order valence-corrected chi connectivity index (χ2v) is 12.5. The van der Waals surface area contributed by atoms with Crippen LogP contribution in [0.25, 0.3) is 5.57 Å². The maximum Gasteiger partial charge on any atom is 0.148 e. The van der Waals surface area contributed by atoms with Crippen LogP contribution in [-0.4, -0.2) is 11.6 Å². The van der Waals surface area contributed by atoms with Gasteiger partial charge in [-0.1, -0.05) is 84.5 Å². The van der Waals surface area contributed by atoms with Gasteiger partial charge in [-0.05, 0) is 75.0 Å². The zero-order valence-electron chi connectivity index (χ0n) is 21.4. The number of carbonyl (C=O) groups excluding carboxylic acids is 2. The summed E-state index contributed by atoms with van der Waals surface area (Å²) in [6, 6.07) is 12.7. The first-order valence-electron chi connectivity index (χ1n) is 12.2. The predicted octanol–water partition coefficient (Wildman–Crippen LogP) is 7.45. The molecule has 0 amide bonds. The highest BCUT2D eigenvalue weighted by molar-refractivity contribution is 6.10. The lowest BCUT2D eigenvalue weighted by Gasteiger charge is -2.42. The Bertz CT molecular complexity index is 1120. The molecule has 0 N–H and O–H groups in total. The number of Topliss-reactive ketones (excluding diaryl/α,β-unsaturated/α-hetero) is 2. The van der Waals surface area contributed by atoms with Gasteiger partial charge in [0.1, 0.15) is 17.5 Å². The zero-order valence-corrected chi connectivity index (χ0v) is 21.4. The summed E-state index contributed by atoms with van der Waals surface area (Å²) < 4.78 is 0. The van der Waals surface area contributed by atoms with Crippen LogP contribution in [0, 0.1) is 12.3 Å². The molecule has 1 fully saturated rings. The van der Waals surface area contributed by atoms with Crippen molar-refractivity contribution in [1.29, 1.82) is 0 Å². The van der Waals surface area contributed by atoms with E-state index < -0.39 is 5.92 Å². The molecule has 0 bridgehead atoms. The Hall–Kier alpha value is -2.48. The molecule has 0 unspecified atom stereocenters. The van der Waals surface area contributed by atoms with Crippen LogP contribution in [0.2, 0.25) is 0 Å². The number of hydrogen-bond donors (Lipinski definition) is 0. The lowest BCUT2D eigenvalue weighted by Crippen LogP contribution is -2.36. The molecular weight excluding hydrogens is 404 g/mol. The van der Waals surface area contributed by atoms with Gasteiger partial charge in [0.2, 0.25) is 0 Å². The Morgan fingerprint density at radius 1 is 0.818 bits per heavy atom. The molecule has 2 aromatic carbocycles. The van der Waals surface area contributed by atoms with E-state index in [0.29, 0.717) is 12.8 Å². The molecule has 174 valence electrons. The molecule has 2 nitrogen and oxygen atoms in total. The number of hydrogen-bond acceptors (Lipinski definition) is 2. The molecule has 2 aliphatic rings. The minimum Gasteiger partial charge on any atom is -0.299 e. The van der Waals surface area contributed by atoms with Crippen molar-refractivity contribution in [1.82, 2.24) is 0 Å². The van der Waals surface area contributed by atoms with Gasteiger partial charge >= 0.3 is 0 Å². The number of ketones is 2. The molecule has 0 aliphatic heterocycles. The van der Waals surface area contributed by atoms with Crippen LogP contribution in [0.15, 0.2) is 43.0 Å². The fourth-order valence-electron chi connectivity index (χ4n) is 5.84. The first-order valence-corrected chi connectivity index (χ1v) is 12.2. The highest BCUT2D eigenvalue weighted by Crippen LogP contribution is 2.47. The summed E-state index contributed by atoms with van der Waals surface area (Å²) in [6.07, 6.45) is 3.29. The normalized spacial score (nSPS) is 21.5. The Kier molecular flexibility index (Phi) is 5.59. The van der Waals surface area contributed by atoms with Gasteiger partial charge in [-0.15, -0.1) is 0 Å². The standard InChI is InChI=1S/C31H38O2/c1-19-15-24-25(31(7,8)14-13-30(24,5)6)16-23(19)20(2)21-9-11-22(12-10-21)28-26(32)17-29(3,4)18-27(28)33/h9-12,15-16,28H,2,13-14,17-18H2,1,3-8H3.